The highest BCUT2D eigenvalue weighted by Crippen LogP contribution is 2.26. The van der Waals surface area contributed by atoms with Gasteiger partial charge in [0.1, 0.15) is 5.82 Å². The summed E-state index contributed by atoms with van der Waals surface area (Å²) in [6.45, 7) is 0.663. The minimum atomic E-state index is -0.453. The number of amides is 1. The molecule has 0 saturated heterocycles. The Morgan fingerprint density at radius 3 is 2.94 bits per heavy atom. The van der Waals surface area contributed by atoms with Gasteiger partial charge in [0.15, 0.2) is 0 Å². The Labute approximate surface area is 107 Å². The summed E-state index contributed by atoms with van der Waals surface area (Å²) < 4.78 is 0. The molecular weight excluding hydrogens is 228 g/mol. The van der Waals surface area contributed by atoms with Crippen LogP contribution in [-0.4, -0.2) is 23.5 Å². The maximum absolute atomic E-state index is 11.3. The van der Waals surface area contributed by atoms with Crippen LogP contribution >= 0.6 is 0 Å². The normalized spacial score (nSPS) is 23.6. The predicted octanol–water partition coefficient (Wildman–Crippen LogP) is 1.11. The van der Waals surface area contributed by atoms with Crippen molar-refractivity contribution >= 4 is 11.7 Å². The minimum absolute atomic E-state index is 0.289. The molecule has 98 valence electrons. The van der Waals surface area contributed by atoms with E-state index >= 15 is 0 Å². The van der Waals surface area contributed by atoms with Crippen molar-refractivity contribution in [3.63, 3.8) is 0 Å². The first kappa shape index (κ1) is 12.8. The van der Waals surface area contributed by atoms with Gasteiger partial charge in [0, 0.05) is 12.2 Å². The molecule has 0 aromatic carbocycles. The Bertz CT molecular complexity index is 421. The van der Waals surface area contributed by atoms with E-state index in [9.17, 15) is 4.79 Å². The van der Waals surface area contributed by atoms with Gasteiger partial charge in [-0.3, -0.25) is 4.79 Å². The van der Waals surface area contributed by atoms with Crippen LogP contribution in [0, 0.1) is 5.92 Å². The van der Waals surface area contributed by atoms with Gasteiger partial charge in [-0.2, -0.15) is 0 Å². The highest BCUT2D eigenvalue weighted by atomic mass is 16.1. The number of nitrogens with zero attached hydrogens (tertiary/aromatic N) is 1. The lowest BCUT2D eigenvalue weighted by Crippen LogP contribution is -2.37. The van der Waals surface area contributed by atoms with Crippen molar-refractivity contribution < 1.29 is 4.79 Å². The van der Waals surface area contributed by atoms with E-state index in [1.165, 1.54) is 12.8 Å². The Kier molecular flexibility index (Phi) is 4.15. The number of carbonyl (C=O) groups is 1. The first-order chi connectivity index (χ1) is 8.72. The van der Waals surface area contributed by atoms with Crippen molar-refractivity contribution in [1.82, 2.24) is 4.98 Å². The van der Waals surface area contributed by atoms with Crippen molar-refractivity contribution in [2.45, 2.75) is 31.7 Å². The van der Waals surface area contributed by atoms with Crippen LogP contribution in [0.3, 0.4) is 0 Å². The van der Waals surface area contributed by atoms with Crippen LogP contribution in [0.4, 0.5) is 5.82 Å². The molecule has 2 unspecified atom stereocenters. The van der Waals surface area contributed by atoms with E-state index in [1.54, 1.807) is 18.3 Å². The quantitative estimate of drug-likeness (QED) is 0.744. The molecule has 2 atom stereocenters. The zero-order valence-corrected chi connectivity index (χ0v) is 10.4. The van der Waals surface area contributed by atoms with Gasteiger partial charge in [-0.15, -0.1) is 0 Å². The average molecular weight is 248 g/mol. The average Bonchev–Trinajstić information content (AvgIpc) is 2.40. The number of rotatable bonds is 4. The molecule has 1 saturated carbocycles. The molecule has 1 fully saturated rings. The molecule has 1 heterocycles. The van der Waals surface area contributed by atoms with Crippen LogP contribution in [0.2, 0.25) is 0 Å². The Morgan fingerprint density at radius 1 is 1.44 bits per heavy atom. The second-order valence-corrected chi connectivity index (χ2v) is 4.79. The van der Waals surface area contributed by atoms with E-state index < -0.39 is 5.91 Å². The van der Waals surface area contributed by atoms with Gasteiger partial charge < -0.3 is 16.8 Å². The lowest BCUT2D eigenvalue weighted by Gasteiger charge is -2.32. The highest BCUT2D eigenvalue weighted by molar-refractivity contribution is 5.97. The van der Waals surface area contributed by atoms with Crippen molar-refractivity contribution in [3.8, 4) is 0 Å². The summed E-state index contributed by atoms with van der Waals surface area (Å²) in [5, 5.41) is 3.34. The third kappa shape index (κ3) is 2.79. The zero-order valence-electron chi connectivity index (χ0n) is 10.4. The van der Waals surface area contributed by atoms with Crippen LogP contribution < -0.4 is 16.8 Å². The molecular formula is C13H20N4O. The number of hydrogen-bond acceptors (Lipinski definition) is 4. The Balaban J connectivity index is 2.15. The summed E-state index contributed by atoms with van der Waals surface area (Å²) in [7, 11) is 0. The largest absolute Gasteiger partial charge is 0.366 e. The first-order valence-electron chi connectivity index (χ1n) is 6.43. The molecule has 1 aromatic rings. The van der Waals surface area contributed by atoms with Crippen molar-refractivity contribution in [2.24, 2.45) is 17.4 Å². The number of pyridine rings is 1. The molecule has 5 heteroatoms. The molecule has 1 aromatic heterocycles. The van der Waals surface area contributed by atoms with Crippen LogP contribution in [0.15, 0.2) is 18.3 Å². The lowest BCUT2D eigenvalue weighted by molar-refractivity contribution is 0.100. The van der Waals surface area contributed by atoms with Crippen LogP contribution in [-0.2, 0) is 0 Å². The molecule has 1 aliphatic carbocycles. The Hall–Kier alpha value is -1.62. The van der Waals surface area contributed by atoms with Gasteiger partial charge in [-0.25, -0.2) is 4.98 Å². The smallest absolute Gasteiger partial charge is 0.252 e. The molecule has 1 amide bonds. The number of primary amides is 1. The zero-order chi connectivity index (χ0) is 13.0. The van der Waals surface area contributed by atoms with Crippen LogP contribution in [0.25, 0.3) is 0 Å². The fourth-order valence-corrected chi connectivity index (χ4v) is 2.57. The monoisotopic (exact) mass is 248 g/mol. The van der Waals surface area contributed by atoms with Gasteiger partial charge in [-0.05, 0) is 37.4 Å². The van der Waals surface area contributed by atoms with Gasteiger partial charge in [0.05, 0.1) is 5.56 Å². The second-order valence-electron chi connectivity index (χ2n) is 4.79. The molecule has 2 rings (SSSR count). The van der Waals surface area contributed by atoms with E-state index in [0.29, 0.717) is 23.8 Å². The lowest BCUT2D eigenvalue weighted by atomic mass is 9.84. The molecule has 5 N–H and O–H groups in total. The number of hydrogen-bond donors (Lipinski definition) is 3. The Morgan fingerprint density at radius 2 is 2.22 bits per heavy atom. The summed E-state index contributed by atoms with van der Waals surface area (Å²) >= 11 is 0. The SMILES string of the molecule is NCC1CCCCC1Nc1ncccc1C(N)=O. The summed E-state index contributed by atoms with van der Waals surface area (Å²) in [5.74, 6) is 0.572. The number of nitrogens with one attached hydrogen (secondary N) is 1. The van der Waals surface area contributed by atoms with Gasteiger partial charge in [0.25, 0.3) is 5.91 Å². The summed E-state index contributed by atoms with van der Waals surface area (Å²) in [4.78, 5) is 15.5. The van der Waals surface area contributed by atoms with E-state index in [-0.39, 0.29) is 6.04 Å². The third-order valence-electron chi connectivity index (χ3n) is 3.61. The molecule has 5 nitrogen and oxygen atoms in total. The molecule has 18 heavy (non-hydrogen) atoms. The van der Waals surface area contributed by atoms with E-state index in [4.69, 9.17) is 11.5 Å². The number of aromatic nitrogens is 1. The molecule has 0 aliphatic heterocycles. The summed E-state index contributed by atoms with van der Waals surface area (Å²) in [6, 6.07) is 3.70. The van der Waals surface area contributed by atoms with Crippen LogP contribution in [0.1, 0.15) is 36.0 Å². The molecule has 0 radical (unpaired) electrons. The molecule has 1 aliphatic rings. The van der Waals surface area contributed by atoms with Crippen LogP contribution in [0.5, 0.6) is 0 Å². The van der Waals surface area contributed by atoms with Crippen molar-refractivity contribution in [2.75, 3.05) is 11.9 Å². The molecule has 0 spiro atoms. The van der Waals surface area contributed by atoms with Crippen molar-refractivity contribution in [1.29, 1.82) is 0 Å². The maximum Gasteiger partial charge on any atom is 0.252 e. The third-order valence-corrected chi connectivity index (χ3v) is 3.61. The second kappa shape index (κ2) is 5.82. The van der Waals surface area contributed by atoms with E-state index in [0.717, 1.165) is 12.8 Å². The number of carbonyl (C=O) groups excluding carboxylic acids is 1. The van der Waals surface area contributed by atoms with E-state index in [2.05, 4.69) is 10.3 Å². The molecule has 0 bridgehead atoms. The number of anilines is 1. The van der Waals surface area contributed by atoms with Crippen molar-refractivity contribution in [3.05, 3.63) is 23.9 Å². The standard InChI is InChI=1S/C13H20N4O/c14-8-9-4-1-2-6-11(9)17-13-10(12(15)18)5-3-7-16-13/h3,5,7,9,11H,1-2,4,6,8,14H2,(H2,15,18)(H,16,17). The number of nitrogens with two attached hydrogens (primary N) is 2. The van der Waals surface area contributed by atoms with Gasteiger partial charge in [0.2, 0.25) is 0 Å². The van der Waals surface area contributed by atoms with E-state index in [1.807, 2.05) is 0 Å². The fraction of sp³-hybridized carbons (Fsp3) is 0.538. The first-order valence-corrected chi connectivity index (χ1v) is 6.43. The topological polar surface area (TPSA) is 94.0 Å². The van der Waals surface area contributed by atoms with Gasteiger partial charge >= 0.3 is 0 Å². The highest BCUT2D eigenvalue weighted by Gasteiger charge is 2.25. The van der Waals surface area contributed by atoms with Gasteiger partial charge in [-0.1, -0.05) is 12.8 Å². The summed E-state index contributed by atoms with van der Waals surface area (Å²) in [6.07, 6.45) is 6.27. The maximum atomic E-state index is 11.3. The summed E-state index contributed by atoms with van der Waals surface area (Å²) in [5.41, 5.74) is 11.6. The predicted molar refractivity (Wildman–Crippen MR) is 71.2 cm³/mol. The minimum Gasteiger partial charge on any atom is -0.366 e. The fourth-order valence-electron chi connectivity index (χ4n) is 2.57.